The summed E-state index contributed by atoms with van der Waals surface area (Å²) in [5, 5.41) is 13.5. The molecule has 1 aliphatic rings. The van der Waals surface area contributed by atoms with Gasteiger partial charge >= 0.3 is 0 Å². The Hall–Kier alpha value is -1.88. The number of fused-ring (bicyclic) bond motifs is 1. The Morgan fingerprint density at radius 3 is 3.05 bits per heavy atom. The van der Waals surface area contributed by atoms with Gasteiger partial charge in [-0.1, -0.05) is 6.07 Å². The van der Waals surface area contributed by atoms with E-state index in [1.54, 1.807) is 16.7 Å². The highest BCUT2D eigenvalue weighted by atomic mass is 16.3. The second-order valence-corrected chi connectivity index (χ2v) is 5.01. The summed E-state index contributed by atoms with van der Waals surface area (Å²) in [6.45, 7) is 3.62. The maximum Gasteiger partial charge on any atom is 0.265 e. The number of phenols is 1. The highest BCUT2D eigenvalue weighted by molar-refractivity contribution is 5.83. The second-order valence-electron chi connectivity index (χ2n) is 5.01. The van der Waals surface area contributed by atoms with Gasteiger partial charge in [-0.05, 0) is 38.4 Å². The van der Waals surface area contributed by atoms with Gasteiger partial charge in [-0.15, -0.1) is 0 Å². The zero-order valence-corrected chi connectivity index (χ0v) is 10.9. The predicted octanol–water partition coefficient (Wildman–Crippen LogP) is 1.34. The van der Waals surface area contributed by atoms with E-state index in [4.69, 9.17) is 0 Å². The van der Waals surface area contributed by atoms with E-state index in [2.05, 4.69) is 10.3 Å². The average molecular weight is 259 g/mol. The number of aromatic nitrogens is 2. The van der Waals surface area contributed by atoms with Crippen molar-refractivity contribution in [3.8, 4) is 5.75 Å². The fraction of sp³-hybridized carbons (Fsp3) is 0.429. The fourth-order valence-corrected chi connectivity index (χ4v) is 2.82. The van der Waals surface area contributed by atoms with Gasteiger partial charge in [0.2, 0.25) is 0 Å². The highest BCUT2D eigenvalue weighted by Crippen LogP contribution is 2.22. The third-order valence-electron chi connectivity index (χ3n) is 3.72. The highest BCUT2D eigenvalue weighted by Gasteiger charge is 2.20. The predicted molar refractivity (Wildman–Crippen MR) is 73.5 cm³/mol. The topological polar surface area (TPSA) is 67.2 Å². The van der Waals surface area contributed by atoms with Crippen LogP contribution in [0.4, 0.5) is 0 Å². The molecule has 1 unspecified atom stereocenters. The van der Waals surface area contributed by atoms with Crippen molar-refractivity contribution in [3.05, 3.63) is 34.4 Å². The molecule has 1 aromatic carbocycles. The minimum Gasteiger partial charge on any atom is -0.507 e. The number of aromatic hydroxyl groups is 1. The van der Waals surface area contributed by atoms with E-state index in [0.29, 0.717) is 16.7 Å². The van der Waals surface area contributed by atoms with Gasteiger partial charge in [0.25, 0.3) is 5.56 Å². The van der Waals surface area contributed by atoms with Crippen LogP contribution in [0.1, 0.15) is 24.7 Å². The molecule has 0 saturated carbocycles. The van der Waals surface area contributed by atoms with E-state index in [-0.39, 0.29) is 17.4 Å². The van der Waals surface area contributed by atoms with Crippen molar-refractivity contribution in [2.45, 2.75) is 25.8 Å². The number of benzene rings is 1. The molecule has 5 nitrogen and oxygen atoms in total. The van der Waals surface area contributed by atoms with Crippen molar-refractivity contribution < 1.29 is 5.11 Å². The van der Waals surface area contributed by atoms with Gasteiger partial charge in [0.05, 0.1) is 11.6 Å². The van der Waals surface area contributed by atoms with Crippen LogP contribution in [-0.4, -0.2) is 27.7 Å². The molecule has 0 aliphatic carbocycles. The molecule has 2 N–H and O–H groups in total. The van der Waals surface area contributed by atoms with Crippen LogP contribution in [0.25, 0.3) is 10.9 Å². The molecule has 19 heavy (non-hydrogen) atoms. The molecule has 100 valence electrons. The summed E-state index contributed by atoms with van der Waals surface area (Å²) in [7, 11) is 0. The van der Waals surface area contributed by atoms with E-state index >= 15 is 0 Å². The number of rotatable bonds is 1. The van der Waals surface area contributed by atoms with E-state index in [0.717, 1.165) is 25.9 Å². The Morgan fingerprint density at radius 2 is 2.32 bits per heavy atom. The maximum absolute atomic E-state index is 12.6. The quantitative estimate of drug-likeness (QED) is 0.811. The first-order chi connectivity index (χ1) is 9.18. The lowest BCUT2D eigenvalue weighted by atomic mass is 10.1. The zero-order chi connectivity index (χ0) is 13.4. The Kier molecular flexibility index (Phi) is 2.98. The molecule has 5 heteroatoms. The molecule has 1 aromatic heterocycles. The molecule has 1 fully saturated rings. The van der Waals surface area contributed by atoms with Crippen LogP contribution >= 0.6 is 0 Å². The number of hydrogen-bond donors (Lipinski definition) is 2. The maximum atomic E-state index is 12.6. The summed E-state index contributed by atoms with van der Waals surface area (Å²) in [6, 6.07) is 5.12. The van der Waals surface area contributed by atoms with Crippen molar-refractivity contribution in [2.75, 3.05) is 13.1 Å². The van der Waals surface area contributed by atoms with E-state index in [9.17, 15) is 9.90 Å². The second kappa shape index (κ2) is 4.66. The monoisotopic (exact) mass is 259 g/mol. The molecular weight excluding hydrogens is 242 g/mol. The summed E-state index contributed by atoms with van der Waals surface area (Å²) in [6.07, 6.45) is 2.02. The van der Waals surface area contributed by atoms with Gasteiger partial charge in [-0.2, -0.15) is 0 Å². The minimum absolute atomic E-state index is 0.00696. The fourth-order valence-electron chi connectivity index (χ4n) is 2.82. The molecule has 0 amide bonds. The van der Waals surface area contributed by atoms with Crippen molar-refractivity contribution in [2.24, 2.45) is 0 Å². The number of hydrogen-bond acceptors (Lipinski definition) is 4. The zero-order valence-electron chi connectivity index (χ0n) is 10.9. The lowest BCUT2D eigenvalue weighted by Gasteiger charge is -2.26. The van der Waals surface area contributed by atoms with Gasteiger partial charge in [-0.25, -0.2) is 4.98 Å². The Morgan fingerprint density at radius 1 is 1.47 bits per heavy atom. The van der Waals surface area contributed by atoms with Crippen molar-refractivity contribution in [1.29, 1.82) is 0 Å². The molecule has 3 rings (SSSR count). The normalized spacial score (nSPS) is 19.7. The molecule has 1 aliphatic heterocycles. The lowest BCUT2D eigenvalue weighted by Crippen LogP contribution is -2.38. The molecule has 1 atom stereocenters. The summed E-state index contributed by atoms with van der Waals surface area (Å²) in [4.78, 5) is 17.1. The molecule has 1 saturated heterocycles. The number of aryl methyl sites for hydroxylation is 1. The van der Waals surface area contributed by atoms with Crippen LogP contribution in [0.5, 0.6) is 5.75 Å². The summed E-state index contributed by atoms with van der Waals surface area (Å²) < 4.78 is 1.72. The van der Waals surface area contributed by atoms with Crippen LogP contribution < -0.4 is 10.9 Å². The average Bonchev–Trinajstić information content (AvgIpc) is 2.39. The smallest absolute Gasteiger partial charge is 0.265 e. The summed E-state index contributed by atoms with van der Waals surface area (Å²) >= 11 is 0. The van der Waals surface area contributed by atoms with Gasteiger partial charge in [0.15, 0.2) is 0 Å². The van der Waals surface area contributed by atoms with Gasteiger partial charge in [0.1, 0.15) is 17.0 Å². The van der Waals surface area contributed by atoms with Crippen molar-refractivity contribution in [1.82, 2.24) is 14.9 Å². The SMILES string of the molecule is Cc1nc2cccc(O)c2c(=O)n1C1CCCNC1. The van der Waals surface area contributed by atoms with Gasteiger partial charge in [-0.3, -0.25) is 9.36 Å². The van der Waals surface area contributed by atoms with Gasteiger partial charge < -0.3 is 10.4 Å². The largest absolute Gasteiger partial charge is 0.507 e. The molecule has 0 radical (unpaired) electrons. The molecule has 2 heterocycles. The van der Waals surface area contributed by atoms with E-state index in [1.807, 2.05) is 6.92 Å². The van der Waals surface area contributed by atoms with Crippen LogP contribution in [0.15, 0.2) is 23.0 Å². The van der Waals surface area contributed by atoms with Crippen LogP contribution in [0, 0.1) is 6.92 Å². The lowest BCUT2D eigenvalue weighted by molar-refractivity contribution is 0.357. The van der Waals surface area contributed by atoms with Gasteiger partial charge in [0, 0.05) is 6.54 Å². The Balaban J connectivity index is 2.24. The third kappa shape index (κ3) is 2.00. The van der Waals surface area contributed by atoms with E-state index in [1.165, 1.54) is 6.07 Å². The summed E-state index contributed by atoms with van der Waals surface area (Å²) in [5.74, 6) is 0.712. The van der Waals surface area contributed by atoms with Crippen LogP contribution in [0.3, 0.4) is 0 Å². The number of piperidine rings is 1. The standard InChI is InChI=1S/C14H17N3O2/c1-9-16-11-5-2-6-12(18)13(11)14(19)17(9)10-4-3-7-15-8-10/h2,5-6,10,15,18H,3-4,7-8H2,1H3. The van der Waals surface area contributed by atoms with Crippen LogP contribution in [-0.2, 0) is 0 Å². The minimum atomic E-state index is -0.144. The first-order valence-corrected chi connectivity index (χ1v) is 6.60. The van der Waals surface area contributed by atoms with Crippen molar-refractivity contribution in [3.63, 3.8) is 0 Å². The van der Waals surface area contributed by atoms with Crippen LogP contribution in [0.2, 0.25) is 0 Å². The number of nitrogens with one attached hydrogen (secondary N) is 1. The summed E-state index contributed by atoms with van der Waals surface area (Å²) in [5.41, 5.74) is 0.414. The first kappa shape index (κ1) is 12.2. The van der Waals surface area contributed by atoms with E-state index < -0.39 is 0 Å². The molecule has 0 bridgehead atoms. The molecular formula is C14H17N3O2. The number of nitrogens with zero attached hydrogens (tertiary/aromatic N) is 2. The number of phenolic OH excluding ortho intramolecular Hbond substituents is 1. The molecule has 0 spiro atoms. The third-order valence-corrected chi connectivity index (χ3v) is 3.72. The Bertz CT molecular complexity index is 672. The molecule has 2 aromatic rings. The van der Waals surface area contributed by atoms with Crippen molar-refractivity contribution >= 4 is 10.9 Å². The first-order valence-electron chi connectivity index (χ1n) is 6.60. The Labute approximate surface area is 110 Å².